The van der Waals surface area contributed by atoms with Crippen LogP contribution in [-0.2, 0) is 16.1 Å². The molecule has 31 heavy (non-hydrogen) atoms. The second-order valence-electron chi connectivity index (χ2n) is 9.45. The summed E-state index contributed by atoms with van der Waals surface area (Å²) in [5.74, 6) is -0.0852. The molecule has 2 aromatic heterocycles. The lowest BCUT2D eigenvalue weighted by Crippen LogP contribution is -2.65. The third-order valence-electron chi connectivity index (χ3n) is 6.71. The molecule has 0 aromatic carbocycles. The van der Waals surface area contributed by atoms with Crippen LogP contribution in [0.1, 0.15) is 76.2 Å². The van der Waals surface area contributed by atoms with Crippen LogP contribution in [0.4, 0.5) is 0 Å². The van der Waals surface area contributed by atoms with Crippen LogP contribution in [0.25, 0.3) is 10.2 Å². The maximum Gasteiger partial charge on any atom is 0.271 e. The molecule has 3 heterocycles. The van der Waals surface area contributed by atoms with Crippen molar-refractivity contribution in [3.05, 3.63) is 23.2 Å². The van der Waals surface area contributed by atoms with Gasteiger partial charge in [-0.1, -0.05) is 25.7 Å². The largest absolute Gasteiger partial charge is 0.379 e. The molecule has 1 atom stereocenters. The molecule has 0 bridgehead atoms. The maximum atomic E-state index is 13.7. The first-order valence-electron chi connectivity index (χ1n) is 11.7. The van der Waals surface area contributed by atoms with Crippen LogP contribution in [0.5, 0.6) is 0 Å². The Balaban J connectivity index is 1.59. The van der Waals surface area contributed by atoms with E-state index in [1.807, 2.05) is 42.9 Å². The Bertz CT molecular complexity index is 926. The van der Waals surface area contributed by atoms with Crippen LogP contribution in [0.15, 0.2) is 17.5 Å². The van der Waals surface area contributed by atoms with Gasteiger partial charge in [-0.2, -0.15) is 0 Å². The number of nitrogens with one attached hydrogen (secondary N) is 1. The van der Waals surface area contributed by atoms with Gasteiger partial charge in [0.2, 0.25) is 5.91 Å². The molecule has 0 radical (unpaired) electrons. The number of fused-ring (bicyclic) bond motifs is 3. The first-order valence-corrected chi connectivity index (χ1v) is 12.6. The van der Waals surface area contributed by atoms with Crippen LogP contribution in [-0.4, -0.2) is 52.1 Å². The van der Waals surface area contributed by atoms with E-state index in [-0.39, 0.29) is 24.0 Å². The summed E-state index contributed by atoms with van der Waals surface area (Å²) in [6.45, 7) is 7.53. The molecule has 1 N–H and O–H groups in total. The summed E-state index contributed by atoms with van der Waals surface area (Å²) in [5, 5.41) is 5.36. The molecule has 4 rings (SSSR count). The Morgan fingerprint density at radius 3 is 2.74 bits per heavy atom. The van der Waals surface area contributed by atoms with Crippen LogP contribution >= 0.6 is 11.3 Å². The molecule has 0 spiro atoms. The lowest BCUT2D eigenvalue weighted by Gasteiger charge is -2.44. The Morgan fingerprint density at radius 1 is 1.29 bits per heavy atom. The molecule has 2 aromatic rings. The van der Waals surface area contributed by atoms with E-state index < -0.39 is 5.54 Å². The number of nitrogens with zero attached hydrogens (tertiary/aromatic N) is 2. The Kier molecular flexibility index (Phi) is 6.72. The van der Waals surface area contributed by atoms with Gasteiger partial charge in [0, 0.05) is 19.2 Å². The lowest BCUT2D eigenvalue weighted by molar-refractivity contribution is -0.133. The highest BCUT2D eigenvalue weighted by Crippen LogP contribution is 2.34. The van der Waals surface area contributed by atoms with Gasteiger partial charge in [0.25, 0.3) is 5.91 Å². The minimum Gasteiger partial charge on any atom is -0.379 e. The molecule has 2 aliphatic rings. The van der Waals surface area contributed by atoms with Crippen LogP contribution in [0.2, 0.25) is 0 Å². The summed E-state index contributed by atoms with van der Waals surface area (Å²) in [5.41, 5.74) is 0.818. The van der Waals surface area contributed by atoms with E-state index >= 15 is 0 Å². The number of ether oxygens (including phenoxy) is 1. The number of amides is 2. The zero-order chi connectivity index (χ0) is 22.0. The number of hydrogen-bond donors (Lipinski definition) is 1. The molecule has 2 amide bonds. The number of hydrogen-bond acceptors (Lipinski definition) is 4. The average Bonchev–Trinajstić information content (AvgIpc) is 3.22. The van der Waals surface area contributed by atoms with Gasteiger partial charge in [0.1, 0.15) is 11.2 Å². The molecule has 1 aliphatic heterocycles. The van der Waals surface area contributed by atoms with Crippen LogP contribution in [0, 0.1) is 0 Å². The van der Waals surface area contributed by atoms with Gasteiger partial charge in [0.05, 0.1) is 22.9 Å². The Labute approximate surface area is 188 Å². The van der Waals surface area contributed by atoms with Gasteiger partial charge in [-0.15, -0.1) is 11.3 Å². The number of rotatable bonds is 7. The summed E-state index contributed by atoms with van der Waals surface area (Å²) < 4.78 is 8.84. The van der Waals surface area contributed by atoms with Crippen molar-refractivity contribution in [1.29, 1.82) is 0 Å². The molecular weight excluding hydrogens is 410 g/mol. The van der Waals surface area contributed by atoms with Crippen molar-refractivity contribution in [2.24, 2.45) is 0 Å². The molecule has 1 aliphatic carbocycles. The standard InChI is InChI=1S/C24H35N3O3S/c1-17(2)30-13-8-12-27-22(28)20-15-21-19(11-14-31-21)26(20)16-24(27,3)23(29)25-18-9-6-4-5-7-10-18/h11,14-15,17-18H,4-10,12-13,16H2,1-3H3,(H,25,29). The topological polar surface area (TPSA) is 63.6 Å². The molecule has 7 heteroatoms. The fourth-order valence-corrected chi connectivity index (χ4v) is 5.75. The first kappa shape index (κ1) is 22.3. The van der Waals surface area contributed by atoms with Crippen molar-refractivity contribution in [2.45, 2.75) is 89.9 Å². The van der Waals surface area contributed by atoms with Crippen LogP contribution in [0.3, 0.4) is 0 Å². The Morgan fingerprint density at radius 2 is 2.03 bits per heavy atom. The highest BCUT2D eigenvalue weighted by molar-refractivity contribution is 7.17. The molecule has 6 nitrogen and oxygen atoms in total. The predicted molar refractivity (Wildman–Crippen MR) is 125 cm³/mol. The van der Waals surface area contributed by atoms with Crippen molar-refractivity contribution >= 4 is 33.4 Å². The zero-order valence-electron chi connectivity index (χ0n) is 19.0. The summed E-state index contributed by atoms with van der Waals surface area (Å²) in [6, 6.07) is 4.23. The van der Waals surface area contributed by atoms with Crippen molar-refractivity contribution in [1.82, 2.24) is 14.8 Å². The predicted octanol–water partition coefficient (Wildman–Crippen LogP) is 4.57. The van der Waals surface area contributed by atoms with E-state index in [4.69, 9.17) is 4.74 Å². The quantitative estimate of drug-likeness (QED) is 0.501. The van der Waals surface area contributed by atoms with E-state index in [0.29, 0.717) is 31.8 Å². The number of thiophene rings is 1. The first-order chi connectivity index (χ1) is 14.9. The fraction of sp³-hybridized carbons (Fsp3) is 0.667. The highest BCUT2D eigenvalue weighted by Gasteiger charge is 2.47. The lowest BCUT2D eigenvalue weighted by atomic mass is 9.93. The van der Waals surface area contributed by atoms with Crippen molar-refractivity contribution in [3.63, 3.8) is 0 Å². The van der Waals surface area contributed by atoms with E-state index in [1.54, 1.807) is 16.2 Å². The van der Waals surface area contributed by atoms with Gasteiger partial charge in [0.15, 0.2) is 0 Å². The SMILES string of the molecule is CC(C)OCCCN1C(=O)c2cc3sccc3n2CC1(C)C(=O)NC1CCCCCC1. The summed E-state index contributed by atoms with van der Waals surface area (Å²) in [4.78, 5) is 29.0. The van der Waals surface area contributed by atoms with Crippen molar-refractivity contribution in [2.75, 3.05) is 13.2 Å². The highest BCUT2D eigenvalue weighted by atomic mass is 32.1. The minimum atomic E-state index is -0.915. The smallest absolute Gasteiger partial charge is 0.271 e. The zero-order valence-corrected chi connectivity index (χ0v) is 19.8. The second-order valence-corrected chi connectivity index (χ2v) is 10.4. The molecular formula is C24H35N3O3S. The van der Waals surface area contributed by atoms with Crippen molar-refractivity contribution < 1.29 is 14.3 Å². The number of aromatic nitrogens is 1. The Hall–Kier alpha value is -1.86. The van der Waals surface area contributed by atoms with E-state index in [9.17, 15) is 9.59 Å². The van der Waals surface area contributed by atoms with Gasteiger partial charge in [-0.3, -0.25) is 9.59 Å². The second kappa shape index (κ2) is 9.33. The molecule has 1 unspecified atom stereocenters. The number of carbonyl (C=O) groups is 2. The van der Waals surface area contributed by atoms with E-state index in [0.717, 1.165) is 35.9 Å². The summed E-state index contributed by atoms with van der Waals surface area (Å²) in [7, 11) is 0. The maximum absolute atomic E-state index is 13.7. The fourth-order valence-electron chi connectivity index (χ4n) is 4.93. The van der Waals surface area contributed by atoms with Crippen molar-refractivity contribution in [3.8, 4) is 0 Å². The van der Waals surface area contributed by atoms with E-state index in [1.165, 1.54) is 12.8 Å². The van der Waals surface area contributed by atoms with Gasteiger partial charge < -0.3 is 19.5 Å². The minimum absolute atomic E-state index is 0.0275. The monoisotopic (exact) mass is 445 g/mol. The van der Waals surface area contributed by atoms with Gasteiger partial charge in [-0.05, 0) is 57.5 Å². The molecule has 1 saturated carbocycles. The normalized spacial score (nSPS) is 22.7. The molecule has 0 saturated heterocycles. The third kappa shape index (κ3) is 4.53. The summed E-state index contributed by atoms with van der Waals surface area (Å²) >= 11 is 1.64. The van der Waals surface area contributed by atoms with E-state index in [2.05, 4.69) is 5.32 Å². The summed E-state index contributed by atoms with van der Waals surface area (Å²) in [6.07, 6.45) is 7.74. The third-order valence-corrected chi connectivity index (χ3v) is 7.56. The van der Waals surface area contributed by atoms with Gasteiger partial charge in [-0.25, -0.2) is 0 Å². The van der Waals surface area contributed by atoms with Crippen LogP contribution < -0.4 is 5.32 Å². The van der Waals surface area contributed by atoms with Gasteiger partial charge >= 0.3 is 0 Å². The molecule has 170 valence electrons. The molecule has 1 fully saturated rings. The number of carbonyl (C=O) groups excluding carboxylic acids is 2. The average molecular weight is 446 g/mol.